The van der Waals surface area contributed by atoms with Crippen LogP contribution in [0.2, 0.25) is 0 Å². The van der Waals surface area contributed by atoms with E-state index in [-0.39, 0.29) is 23.8 Å². The van der Waals surface area contributed by atoms with Crippen molar-refractivity contribution in [2.75, 3.05) is 11.9 Å². The second kappa shape index (κ2) is 6.99. The fraction of sp³-hybridized carbons (Fsp3) is 0.222. The first-order valence-electron chi connectivity index (χ1n) is 7.95. The predicted molar refractivity (Wildman–Crippen MR) is 94.8 cm³/mol. The highest BCUT2D eigenvalue weighted by Crippen LogP contribution is 2.33. The Bertz CT molecular complexity index is 961. The van der Waals surface area contributed by atoms with Crippen LogP contribution < -0.4 is 11.1 Å². The van der Waals surface area contributed by atoms with Crippen molar-refractivity contribution in [2.24, 2.45) is 21.6 Å². The minimum Gasteiger partial charge on any atom is -0.434 e. The number of anilines is 1. The van der Waals surface area contributed by atoms with Crippen molar-refractivity contribution in [2.45, 2.75) is 12.5 Å². The van der Waals surface area contributed by atoms with Crippen LogP contribution in [0.15, 0.2) is 52.4 Å². The van der Waals surface area contributed by atoms with E-state index in [1.165, 1.54) is 24.5 Å². The van der Waals surface area contributed by atoms with Crippen LogP contribution in [-0.4, -0.2) is 24.2 Å². The van der Waals surface area contributed by atoms with Gasteiger partial charge in [-0.1, -0.05) is 0 Å². The molecule has 0 saturated heterocycles. The Morgan fingerprint density at radius 2 is 2.26 bits per heavy atom. The summed E-state index contributed by atoms with van der Waals surface area (Å²) >= 11 is 0. The van der Waals surface area contributed by atoms with E-state index in [0.29, 0.717) is 0 Å². The summed E-state index contributed by atoms with van der Waals surface area (Å²) in [7, 11) is 0. The molecule has 0 fully saturated rings. The van der Waals surface area contributed by atoms with E-state index >= 15 is 0 Å². The van der Waals surface area contributed by atoms with Crippen LogP contribution in [0.5, 0.6) is 0 Å². The minimum absolute atomic E-state index is 0.00179. The van der Waals surface area contributed by atoms with Crippen LogP contribution in [0.25, 0.3) is 0 Å². The number of halogens is 2. The van der Waals surface area contributed by atoms with E-state index in [4.69, 9.17) is 15.7 Å². The van der Waals surface area contributed by atoms with Crippen molar-refractivity contribution in [1.29, 1.82) is 5.26 Å². The number of hydrogen-bond acceptors (Lipinski definition) is 6. The Morgan fingerprint density at radius 3 is 2.93 bits per heavy atom. The summed E-state index contributed by atoms with van der Waals surface area (Å²) in [6.07, 6.45) is 3.86. The molecule has 2 atom stereocenters. The maximum Gasteiger partial charge on any atom is 0.288 e. The molecule has 0 aliphatic carbocycles. The van der Waals surface area contributed by atoms with Crippen molar-refractivity contribution < 1.29 is 18.3 Å². The molecule has 3 N–H and O–H groups in total. The third-order valence-electron chi connectivity index (χ3n) is 4.09. The van der Waals surface area contributed by atoms with E-state index in [1.807, 2.05) is 6.07 Å². The molecular formula is C18H15F2N5O2. The lowest BCUT2D eigenvalue weighted by atomic mass is 9.91. The number of carbonyl (C=O) groups excluding carboxylic acids is 1. The van der Waals surface area contributed by atoms with Crippen molar-refractivity contribution in [3.63, 3.8) is 0 Å². The van der Waals surface area contributed by atoms with E-state index in [2.05, 4.69) is 15.3 Å². The molecule has 2 aliphatic rings. The molecule has 1 amide bonds. The van der Waals surface area contributed by atoms with Gasteiger partial charge in [0.05, 0.1) is 24.8 Å². The molecule has 2 heterocycles. The van der Waals surface area contributed by atoms with E-state index < -0.39 is 34.7 Å². The van der Waals surface area contributed by atoms with Gasteiger partial charge in [-0.05, 0) is 37.3 Å². The summed E-state index contributed by atoms with van der Waals surface area (Å²) in [5.41, 5.74) is 4.39. The van der Waals surface area contributed by atoms with Gasteiger partial charge in [0, 0.05) is 11.3 Å². The zero-order chi connectivity index (χ0) is 19.6. The highest BCUT2D eigenvalue weighted by atomic mass is 19.1. The smallest absolute Gasteiger partial charge is 0.288 e. The maximum atomic E-state index is 14.3. The lowest BCUT2D eigenvalue weighted by Gasteiger charge is -2.26. The number of benzene rings is 1. The van der Waals surface area contributed by atoms with Crippen LogP contribution in [0.3, 0.4) is 0 Å². The second-order valence-electron chi connectivity index (χ2n) is 6.11. The monoisotopic (exact) mass is 371 g/mol. The molecule has 9 heteroatoms. The number of nitrogens with two attached hydrogens (primary N) is 1. The molecule has 2 unspecified atom stereocenters. The summed E-state index contributed by atoms with van der Waals surface area (Å²) in [4.78, 5) is 20.2. The van der Waals surface area contributed by atoms with Crippen LogP contribution in [0.1, 0.15) is 12.5 Å². The Balaban J connectivity index is 1.85. The summed E-state index contributed by atoms with van der Waals surface area (Å²) in [6.45, 7) is 1.62. The lowest BCUT2D eigenvalue weighted by molar-refractivity contribution is -0.110. The van der Waals surface area contributed by atoms with Crippen LogP contribution in [0, 0.1) is 23.1 Å². The Hall–Kier alpha value is -3.54. The van der Waals surface area contributed by atoms with E-state index in [0.717, 1.165) is 12.1 Å². The molecule has 7 nitrogen and oxygen atoms in total. The van der Waals surface area contributed by atoms with E-state index in [1.54, 1.807) is 6.92 Å². The van der Waals surface area contributed by atoms with Gasteiger partial charge in [0.25, 0.3) is 11.9 Å². The fourth-order valence-corrected chi connectivity index (χ4v) is 2.69. The molecule has 0 saturated carbocycles. The van der Waals surface area contributed by atoms with Gasteiger partial charge in [0.1, 0.15) is 11.4 Å². The van der Waals surface area contributed by atoms with Gasteiger partial charge in [0.2, 0.25) is 0 Å². The summed E-state index contributed by atoms with van der Waals surface area (Å²) in [5.74, 6) is -2.93. The van der Waals surface area contributed by atoms with Crippen molar-refractivity contribution in [1.82, 2.24) is 0 Å². The number of nitriles is 1. The van der Waals surface area contributed by atoms with Gasteiger partial charge in [-0.2, -0.15) is 5.26 Å². The van der Waals surface area contributed by atoms with Crippen molar-refractivity contribution >= 4 is 23.3 Å². The number of rotatable bonds is 3. The van der Waals surface area contributed by atoms with Crippen molar-refractivity contribution in [3.8, 4) is 6.07 Å². The summed E-state index contributed by atoms with van der Waals surface area (Å²) < 4.78 is 33.2. The standard InChI is InChI=1S/C18H15F2N5O2/c1-18(4-5-27-17(22)25-18)12-7-11(2-3-13(12)19)24-16(26)15-14(20)6-10(8-21)9-23-15/h2-7,10H,9H2,1H3,(H2,22,25)(H,24,26). The summed E-state index contributed by atoms with van der Waals surface area (Å²) in [5, 5.41) is 11.3. The molecule has 0 radical (unpaired) electrons. The molecule has 0 spiro atoms. The van der Waals surface area contributed by atoms with Crippen LogP contribution in [-0.2, 0) is 15.1 Å². The number of ether oxygens (including phenoxy) is 1. The lowest BCUT2D eigenvalue weighted by Crippen LogP contribution is -2.29. The van der Waals surface area contributed by atoms with Gasteiger partial charge >= 0.3 is 0 Å². The zero-order valence-electron chi connectivity index (χ0n) is 14.2. The quantitative estimate of drug-likeness (QED) is 0.849. The normalized spacial score (nSPS) is 24.1. The summed E-state index contributed by atoms with van der Waals surface area (Å²) in [6, 6.07) is 5.61. The van der Waals surface area contributed by atoms with Gasteiger partial charge in [-0.3, -0.25) is 9.79 Å². The number of nitrogens with zero attached hydrogens (tertiary/aromatic N) is 3. The van der Waals surface area contributed by atoms with Crippen molar-refractivity contribution in [3.05, 3.63) is 53.8 Å². The maximum absolute atomic E-state index is 14.3. The third kappa shape index (κ3) is 3.69. The van der Waals surface area contributed by atoms with Gasteiger partial charge in [0.15, 0.2) is 11.5 Å². The van der Waals surface area contributed by atoms with Gasteiger partial charge in [-0.15, -0.1) is 0 Å². The number of carbonyl (C=O) groups is 1. The SMILES string of the molecule is CC1(c2cc(NC(=O)C3=NCC(C#N)C=C3F)ccc2F)C=COC(N)=N1. The molecular weight excluding hydrogens is 356 g/mol. The Kier molecular flexibility index (Phi) is 4.73. The molecule has 0 aromatic heterocycles. The molecule has 27 heavy (non-hydrogen) atoms. The number of aliphatic imine (C=N–C) groups is 2. The Labute approximate surface area is 153 Å². The number of dihydropyridines is 1. The molecule has 3 rings (SSSR count). The highest BCUT2D eigenvalue weighted by Gasteiger charge is 2.30. The average Bonchev–Trinajstić information content (AvgIpc) is 2.62. The fourth-order valence-electron chi connectivity index (χ4n) is 2.69. The number of amidine groups is 1. The van der Waals surface area contributed by atoms with Gasteiger partial charge in [-0.25, -0.2) is 13.8 Å². The second-order valence-corrected chi connectivity index (χ2v) is 6.11. The molecule has 0 bridgehead atoms. The van der Waals surface area contributed by atoms with Crippen LogP contribution >= 0.6 is 0 Å². The Morgan fingerprint density at radius 1 is 1.48 bits per heavy atom. The molecule has 1 aromatic rings. The molecule has 138 valence electrons. The number of nitrogens with one attached hydrogen (secondary N) is 1. The minimum atomic E-state index is -1.12. The molecule has 1 aromatic carbocycles. The first-order chi connectivity index (χ1) is 12.8. The van der Waals surface area contributed by atoms with Gasteiger partial charge < -0.3 is 15.8 Å². The number of amides is 1. The predicted octanol–water partition coefficient (Wildman–Crippen LogP) is 2.29. The largest absolute Gasteiger partial charge is 0.434 e. The van der Waals surface area contributed by atoms with E-state index in [9.17, 15) is 13.6 Å². The average molecular weight is 371 g/mol. The van der Waals surface area contributed by atoms with Crippen LogP contribution in [0.4, 0.5) is 14.5 Å². The third-order valence-corrected chi connectivity index (χ3v) is 4.09. The highest BCUT2D eigenvalue weighted by molar-refractivity contribution is 6.48. The first kappa shape index (κ1) is 18.3. The topological polar surface area (TPSA) is 113 Å². The number of hydrogen-bond donors (Lipinski definition) is 2. The zero-order valence-corrected chi connectivity index (χ0v) is 14.2. The molecule has 2 aliphatic heterocycles. The first-order valence-corrected chi connectivity index (χ1v) is 7.95.